The van der Waals surface area contributed by atoms with Crippen LogP contribution in [0.2, 0.25) is 0 Å². The average Bonchev–Trinajstić information content (AvgIpc) is 2.38. The molecule has 1 unspecified atom stereocenters. The second kappa shape index (κ2) is 5.72. The van der Waals surface area contributed by atoms with Crippen molar-refractivity contribution in [1.29, 1.82) is 0 Å². The first kappa shape index (κ1) is 12.0. The second-order valence-corrected chi connectivity index (χ2v) is 4.38. The Balaban J connectivity index is 2.05. The highest BCUT2D eigenvalue weighted by atomic mass is 16.5. The van der Waals surface area contributed by atoms with Crippen LogP contribution in [0.4, 0.5) is 0 Å². The maximum absolute atomic E-state index is 11.5. The van der Waals surface area contributed by atoms with Crippen molar-refractivity contribution in [2.75, 3.05) is 13.2 Å². The van der Waals surface area contributed by atoms with Gasteiger partial charge in [0.1, 0.15) is 0 Å². The SMILES string of the molecule is NC(=O)C(CC1CCOCC1)c1cnccn1. The van der Waals surface area contributed by atoms with E-state index < -0.39 is 0 Å². The van der Waals surface area contributed by atoms with Crippen molar-refractivity contribution < 1.29 is 9.53 Å². The summed E-state index contributed by atoms with van der Waals surface area (Å²) in [5.74, 6) is -0.160. The summed E-state index contributed by atoms with van der Waals surface area (Å²) in [6.45, 7) is 1.55. The standard InChI is InChI=1S/C12H17N3O2/c13-12(16)10(11-8-14-3-4-15-11)7-9-1-5-17-6-2-9/h3-4,8-10H,1-2,5-7H2,(H2,13,16). The van der Waals surface area contributed by atoms with Gasteiger partial charge in [0.15, 0.2) is 0 Å². The van der Waals surface area contributed by atoms with Gasteiger partial charge in [-0.1, -0.05) is 0 Å². The number of rotatable bonds is 4. The van der Waals surface area contributed by atoms with E-state index in [1.54, 1.807) is 18.6 Å². The molecule has 5 nitrogen and oxygen atoms in total. The number of ether oxygens (including phenoxy) is 1. The van der Waals surface area contributed by atoms with E-state index >= 15 is 0 Å². The van der Waals surface area contributed by atoms with Crippen LogP contribution < -0.4 is 5.73 Å². The molecule has 0 aromatic carbocycles. The van der Waals surface area contributed by atoms with E-state index in [1.165, 1.54) is 0 Å². The van der Waals surface area contributed by atoms with Gasteiger partial charge in [-0.05, 0) is 25.2 Å². The first-order valence-electron chi connectivity index (χ1n) is 5.90. The van der Waals surface area contributed by atoms with Crippen LogP contribution >= 0.6 is 0 Å². The Morgan fingerprint density at radius 3 is 2.82 bits per heavy atom. The summed E-state index contributed by atoms with van der Waals surface area (Å²) < 4.78 is 5.30. The zero-order chi connectivity index (χ0) is 12.1. The molecule has 1 fully saturated rings. The molecule has 1 aliphatic heterocycles. The van der Waals surface area contributed by atoms with Crippen LogP contribution in [0.3, 0.4) is 0 Å². The van der Waals surface area contributed by atoms with Gasteiger partial charge in [-0.25, -0.2) is 0 Å². The summed E-state index contributed by atoms with van der Waals surface area (Å²) in [6.07, 6.45) is 7.53. The molecule has 0 aliphatic carbocycles. The number of nitrogens with zero attached hydrogens (tertiary/aromatic N) is 2. The van der Waals surface area contributed by atoms with Gasteiger partial charge in [0.2, 0.25) is 5.91 Å². The van der Waals surface area contributed by atoms with Gasteiger partial charge in [-0.2, -0.15) is 0 Å². The number of carbonyl (C=O) groups excluding carboxylic acids is 1. The summed E-state index contributed by atoms with van der Waals surface area (Å²) >= 11 is 0. The van der Waals surface area contributed by atoms with E-state index in [4.69, 9.17) is 10.5 Å². The van der Waals surface area contributed by atoms with E-state index in [9.17, 15) is 4.79 Å². The van der Waals surface area contributed by atoms with Crippen molar-refractivity contribution in [3.05, 3.63) is 24.3 Å². The molecule has 1 aromatic rings. The molecular formula is C12H17N3O2. The minimum atomic E-state index is -0.327. The molecule has 0 spiro atoms. The average molecular weight is 235 g/mol. The molecule has 0 radical (unpaired) electrons. The first-order valence-corrected chi connectivity index (χ1v) is 5.90. The zero-order valence-corrected chi connectivity index (χ0v) is 9.71. The Morgan fingerprint density at radius 2 is 2.24 bits per heavy atom. The van der Waals surface area contributed by atoms with Gasteiger partial charge in [-0.3, -0.25) is 14.8 Å². The number of carbonyl (C=O) groups is 1. The fraction of sp³-hybridized carbons (Fsp3) is 0.583. The third-order valence-corrected chi connectivity index (χ3v) is 3.19. The molecule has 1 aliphatic rings. The van der Waals surface area contributed by atoms with Crippen LogP contribution in [0, 0.1) is 5.92 Å². The van der Waals surface area contributed by atoms with Crippen molar-refractivity contribution in [1.82, 2.24) is 9.97 Å². The van der Waals surface area contributed by atoms with Crippen LogP contribution in [0.5, 0.6) is 0 Å². The molecule has 2 rings (SSSR count). The summed E-state index contributed by atoms with van der Waals surface area (Å²) in [7, 11) is 0. The maximum Gasteiger partial charge on any atom is 0.226 e. The van der Waals surface area contributed by atoms with Crippen LogP contribution in [0.25, 0.3) is 0 Å². The Labute approximate surface area is 100 Å². The number of hydrogen-bond acceptors (Lipinski definition) is 4. The number of nitrogens with two attached hydrogens (primary N) is 1. The lowest BCUT2D eigenvalue weighted by Gasteiger charge is -2.24. The monoisotopic (exact) mass is 235 g/mol. The predicted molar refractivity (Wildman–Crippen MR) is 62.1 cm³/mol. The van der Waals surface area contributed by atoms with Crippen LogP contribution in [0.1, 0.15) is 30.9 Å². The summed E-state index contributed by atoms with van der Waals surface area (Å²) in [5.41, 5.74) is 6.12. The van der Waals surface area contributed by atoms with Gasteiger partial charge >= 0.3 is 0 Å². The van der Waals surface area contributed by atoms with Gasteiger partial charge in [0.25, 0.3) is 0 Å². The summed E-state index contributed by atoms with van der Waals surface area (Å²) in [4.78, 5) is 19.7. The first-order chi connectivity index (χ1) is 8.27. The second-order valence-electron chi connectivity index (χ2n) is 4.38. The highest BCUT2D eigenvalue weighted by molar-refractivity contribution is 5.81. The van der Waals surface area contributed by atoms with E-state index in [-0.39, 0.29) is 11.8 Å². The molecule has 2 heterocycles. The highest BCUT2D eigenvalue weighted by Crippen LogP contribution is 2.27. The maximum atomic E-state index is 11.5. The highest BCUT2D eigenvalue weighted by Gasteiger charge is 2.25. The van der Waals surface area contributed by atoms with Gasteiger partial charge < -0.3 is 10.5 Å². The predicted octanol–water partition coefficient (Wildman–Crippen LogP) is 0.862. The van der Waals surface area contributed by atoms with Crippen LogP contribution in [0.15, 0.2) is 18.6 Å². The van der Waals surface area contributed by atoms with Crippen molar-refractivity contribution in [3.8, 4) is 0 Å². The molecule has 0 saturated carbocycles. The Kier molecular flexibility index (Phi) is 4.03. The van der Waals surface area contributed by atoms with Crippen molar-refractivity contribution in [3.63, 3.8) is 0 Å². The molecule has 92 valence electrons. The van der Waals surface area contributed by atoms with E-state index in [0.29, 0.717) is 11.6 Å². The fourth-order valence-corrected chi connectivity index (χ4v) is 2.19. The molecule has 5 heteroatoms. The third kappa shape index (κ3) is 3.23. The Hall–Kier alpha value is -1.49. The Morgan fingerprint density at radius 1 is 1.47 bits per heavy atom. The lowest BCUT2D eigenvalue weighted by Crippen LogP contribution is -2.27. The molecule has 17 heavy (non-hydrogen) atoms. The Bertz CT molecular complexity index is 363. The molecule has 1 atom stereocenters. The van der Waals surface area contributed by atoms with E-state index in [0.717, 1.165) is 32.5 Å². The molecule has 0 bridgehead atoms. The van der Waals surface area contributed by atoms with Crippen molar-refractivity contribution >= 4 is 5.91 Å². The number of aromatic nitrogens is 2. The smallest absolute Gasteiger partial charge is 0.226 e. The van der Waals surface area contributed by atoms with Gasteiger partial charge in [0, 0.05) is 31.8 Å². The minimum absolute atomic E-state index is 0.322. The molecule has 2 N–H and O–H groups in total. The topological polar surface area (TPSA) is 78.1 Å². The normalized spacial score (nSPS) is 18.8. The lowest BCUT2D eigenvalue weighted by atomic mass is 9.87. The van der Waals surface area contributed by atoms with E-state index in [1.807, 2.05) is 0 Å². The zero-order valence-electron chi connectivity index (χ0n) is 9.71. The van der Waals surface area contributed by atoms with Gasteiger partial charge in [0.05, 0.1) is 11.6 Å². The molecule has 1 saturated heterocycles. The van der Waals surface area contributed by atoms with Crippen LogP contribution in [-0.4, -0.2) is 29.1 Å². The lowest BCUT2D eigenvalue weighted by molar-refractivity contribution is -0.120. The number of hydrogen-bond donors (Lipinski definition) is 1. The quantitative estimate of drug-likeness (QED) is 0.839. The fourth-order valence-electron chi connectivity index (χ4n) is 2.19. The van der Waals surface area contributed by atoms with E-state index in [2.05, 4.69) is 9.97 Å². The number of amides is 1. The largest absolute Gasteiger partial charge is 0.381 e. The number of primary amides is 1. The molecule has 1 aromatic heterocycles. The van der Waals surface area contributed by atoms with Gasteiger partial charge in [-0.15, -0.1) is 0 Å². The molecule has 1 amide bonds. The van der Waals surface area contributed by atoms with Crippen LogP contribution in [-0.2, 0) is 9.53 Å². The third-order valence-electron chi connectivity index (χ3n) is 3.19. The minimum Gasteiger partial charge on any atom is -0.381 e. The van der Waals surface area contributed by atoms with Crippen molar-refractivity contribution in [2.45, 2.75) is 25.2 Å². The summed E-state index contributed by atoms with van der Waals surface area (Å²) in [6, 6.07) is 0. The summed E-state index contributed by atoms with van der Waals surface area (Å²) in [5, 5.41) is 0. The van der Waals surface area contributed by atoms with Crippen molar-refractivity contribution in [2.24, 2.45) is 11.7 Å². The molecular weight excluding hydrogens is 218 g/mol.